The van der Waals surface area contributed by atoms with E-state index < -0.39 is 0 Å². The topological polar surface area (TPSA) is 30.7 Å². The Morgan fingerprint density at radius 3 is 2.15 bits per heavy atom. The van der Waals surface area contributed by atoms with Crippen LogP contribution in [0, 0.1) is 12.1 Å². The first-order valence-corrected chi connectivity index (χ1v) is 11.1. The Labute approximate surface area is 214 Å². The Kier molecular flexibility index (Phi) is 6.92. The quantitative estimate of drug-likeness (QED) is 0.196. The van der Waals surface area contributed by atoms with Gasteiger partial charge in [-0.3, -0.25) is 4.98 Å². The number of aromatic nitrogens is 3. The fourth-order valence-corrected chi connectivity index (χ4v) is 4.19. The second-order valence-corrected chi connectivity index (χ2v) is 8.64. The normalized spacial score (nSPS) is 13.3. The molecule has 34 heavy (non-hydrogen) atoms. The molecule has 0 spiro atoms. The summed E-state index contributed by atoms with van der Waals surface area (Å²) in [6.07, 6.45) is 4.07. The van der Waals surface area contributed by atoms with Gasteiger partial charge in [-0.25, -0.2) is 0 Å². The molecule has 4 heteroatoms. The number of allylic oxidation sites excluding steroid dienone is 1. The van der Waals surface area contributed by atoms with Crippen LogP contribution in [-0.2, 0) is 25.6 Å². The van der Waals surface area contributed by atoms with Gasteiger partial charge in [-0.15, -0.1) is 71.8 Å². The van der Waals surface area contributed by atoms with Gasteiger partial charge in [-0.1, -0.05) is 30.3 Å². The van der Waals surface area contributed by atoms with Crippen LogP contribution in [0.3, 0.4) is 0 Å². The van der Waals surface area contributed by atoms with Crippen molar-refractivity contribution in [3.8, 4) is 22.6 Å². The fourth-order valence-electron chi connectivity index (χ4n) is 4.19. The summed E-state index contributed by atoms with van der Waals surface area (Å²) in [7, 11) is 0. The predicted molar refractivity (Wildman–Crippen MR) is 135 cm³/mol. The van der Waals surface area contributed by atoms with E-state index in [1.807, 2.05) is 60.7 Å². The van der Waals surface area contributed by atoms with Crippen molar-refractivity contribution < 1.29 is 20.1 Å². The first-order valence-electron chi connectivity index (χ1n) is 11.1. The van der Waals surface area contributed by atoms with Gasteiger partial charge in [0.15, 0.2) is 0 Å². The van der Waals surface area contributed by atoms with E-state index >= 15 is 0 Å². The number of para-hydroxylation sites is 1. The first kappa shape index (κ1) is 23.8. The number of rotatable bonds is 2. The maximum atomic E-state index is 4.88. The number of benzene rings is 3. The van der Waals surface area contributed by atoms with E-state index in [1.54, 1.807) is 6.20 Å². The minimum atomic E-state index is -0.0812. The Balaban J connectivity index is 0.000000180. The van der Waals surface area contributed by atoms with E-state index in [4.69, 9.17) is 4.98 Å². The third-order valence-corrected chi connectivity index (χ3v) is 6.20. The molecule has 171 valence electrons. The predicted octanol–water partition coefficient (Wildman–Crippen LogP) is 7.20. The summed E-state index contributed by atoms with van der Waals surface area (Å²) < 4.78 is 2.36. The van der Waals surface area contributed by atoms with Crippen molar-refractivity contribution in [2.24, 2.45) is 0 Å². The molecule has 0 aliphatic carbocycles. The first-order chi connectivity index (χ1) is 16.1. The van der Waals surface area contributed by atoms with Crippen LogP contribution in [0.1, 0.15) is 26.3 Å². The molecule has 0 amide bonds. The zero-order valence-electron chi connectivity index (χ0n) is 19.4. The van der Waals surface area contributed by atoms with Gasteiger partial charge in [0.1, 0.15) is 0 Å². The molecule has 0 unspecified atom stereocenters. The molecule has 1 radical (unpaired) electrons. The van der Waals surface area contributed by atoms with E-state index in [2.05, 4.69) is 72.8 Å². The van der Waals surface area contributed by atoms with E-state index in [9.17, 15) is 0 Å². The maximum Gasteiger partial charge on any atom is 0.0777 e. The molecule has 3 heterocycles. The maximum absolute atomic E-state index is 4.88. The molecule has 1 aliphatic heterocycles. The van der Waals surface area contributed by atoms with Crippen molar-refractivity contribution in [1.82, 2.24) is 14.5 Å². The molecule has 0 fully saturated rings. The smallest absolute Gasteiger partial charge is 0.0777 e. The number of pyridine rings is 1. The summed E-state index contributed by atoms with van der Waals surface area (Å²) in [5.74, 6) is 0.996. The van der Waals surface area contributed by atoms with Crippen molar-refractivity contribution in [3.63, 3.8) is 0 Å². The third kappa shape index (κ3) is 4.39. The Morgan fingerprint density at radius 2 is 1.50 bits per heavy atom. The van der Waals surface area contributed by atoms with Gasteiger partial charge in [0.05, 0.1) is 22.4 Å². The van der Waals surface area contributed by atoms with Crippen LogP contribution in [0.2, 0.25) is 0 Å². The molecule has 3 nitrogen and oxygen atoms in total. The summed E-state index contributed by atoms with van der Waals surface area (Å²) >= 11 is 0. The van der Waals surface area contributed by atoms with Crippen molar-refractivity contribution in [2.75, 3.05) is 0 Å². The van der Waals surface area contributed by atoms with Gasteiger partial charge in [0, 0.05) is 26.3 Å². The fraction of sp³-hybridized carbons (Fsp3) is 0.133. The molecular formula is C30H25IrN3-2. The van der Waals surface area contributed by atoms with Crippen LogP contribution < -0.4 is 0 Å². The van der Waals surface area contributed by atoms with Crippen LogP contribution in [-0.4, -0.2) is 14.5 Å². The summed E-state index contributed by atoms with van der Waals surface area (Å²) in [6, 6.07) is 34.5. The molecule has 1 aliphatic rings. The average Bonchev–Trinajstić information content (AvgIpc) is 3.27. The molecule has 0 bridgehead atoms. The number of nitrogens with zero attached hydrogens (tertiary/aromatic N) is 3. The molecule has 6 rings (SSSR count). The van der Waals surface area contributed by atoms with E-state index in [1.165, 1.54) is 16.7 Å². The second kappa shape index (κ2) is 9.88. The summed E-state index contributed by atoms with van der Waals surface area (Å²) in [5.41, 5.74) is 7.84. The average molecular weight is 620 g/mol. The number of imidazole rings is 1. The van der Waals surface area contributed by atoms with Crippen molar-refractivity contribution in [3.05, 3.63) is 114 Å². The van der Waals surface area contributed by atoms with Gasteiger partial charge in [0.25, 0.3) is 0 Å². The Morgan fingerprint density at radius 1 is 0.794 bits per heavy atom. The molecule has 2 aromatic heterocycles. The van der Waals surface area contributed by atoms with Gasteiger partial charge in [-0.2, -0.15) is 0 Å². The molecular weight excluding hydrogens is 595 g/mol. The zero-order valence-corrected chi connectivity index (χ0v) is 21.8. The summed E-state index contributed by atoms with van der Waals surface area (Å²) in [5, 5.41) is 0. The standard InChI is InChI=1S/C19H17N2.C11H8N.Ir/c1-13-12-15-10-7-11-16-17(15)21(19(13,2)3)18(20-16)14-8-5-4-6-9-14;1-2-6-10(7-3-1)11-8-4-5-9-12-11;/h4-8,10-12H,1-3H3;1-6,8-9H;/q2*-1;. The van der Waals surface area contributed by atoms with Crippen LogP contribution in [0.25, 0.3) is 39.8 Å². The zero-order chi connectivity index (χ0) is 22.8. The van der Waals surface area contributed by atoms with Crippen molar-refractivity contribution >= 4 is 17.1 Å². The molecule has 0 saturated heterocycles. The van der Waals surface area contributed by atoms with Crippen LogP contribution in [0.5, 0.6) is 0 Å². The Hall–Kier alpha value is -3.33. The minimum absolute atomic E-state index is 0. The SMILES string of the molecule is CC1=Cc2cccc3nc(-c4[c-]cccc4)n(c23)C1(C)C.[Ir].[c-]1ccccc1-c1ccccn1. The number of hydrogen-bond donors (Lipinski definition) is 0. The van der Waals surface area contributed by atoms with Crippen molar-refractivity contribution in [2.45, 2.75) is 26.3 Å². The van der Waals surface area contributed by atoms with Crippen LogP contribution in [0.15, 0.2) is 96.7 Å². The largest absolute Gasteiger partial charge is 0.355 e. The molecule has 3 aromatic carbocycles. The molecule has 0 saturated carbocycles. The molecule has 5 aromatic rings. The second-order valence-electron chi connectivity index (χ2n) is 8.64. The summed E-state index contributed by atoms with van der Waals surface area (Å²) in [4.78, 5) is 9.10. The summed E-state index contributed by atoms with van der Waals surface area (Å²) in [6.45, 7) is 6.70. The number of hydrogen-bond acceptors (Lipinski definition) is 2. The van der Waals surface area contributed by atoms with Crippen LogP contribution >= 0.6 is 0 Å². The van der Waals surface area contributed by atoms with Gasteiger partial charge >= 0.3 is 0 Å². The third-order valence-electron chi connectivity index (χ3n) is 6.20. The van der Waals surface area contributed by atoms with E-state index in [-0.39, 0.29) is 25.6 Å². The van der Waals surface area contributed by atoms with E-state index in [0.717, 1.165) is 28.2 Å². The van der Waals surface area contributed by atoms with Gasteiger partial charge < -0.3 is 9.55 Å². The minimum Gasteiger partial charge on any atom is -0.355 e. The van der Waals surface area contributed by atoms with Crippen LogP contribution in [0.4, 0.5) is 0 Å². The molecule has 0 atom stereocenters. The monoisotopic (exact) mass is 620 g/mol. The van der Waals surface area contributed by atoms with E-state index in [0.29, 0.717) is 0 Å². The molecule has 0 N–H and O–H groups in total. The van der Waals surface area contributed by atoms with Gasteiger partial charge in [-0.05, 0) is 49.7 Å². The Bertz CT molecular complexity index is 1380. The van der Waals surface area contributed by atoms with Crippen molar-refractivity contribution in [1.29, 1.82) is 0 Å². The van der Waals surface area contributed by atoms with Gasteiger partial charge in [0.2, 0.25) is 0 Å².